The standard InChI is InChI=1S/C16H34N4O.HI/c1-14(2)12-15(20-9-5-6-10-20)13-19-16(17-3)18-8-7-11-21-4;/h14-15H,5-13H2,1-4H3,(H2,17,18,19);1H. The highest BCUT2D eigenvalue weighted by molar-refractivity contribution is 14.0. The van der Waals surface area contributed by atoms with Crippen molar-refractivity contribution in [3.05, 3.63) is 0 Å². The van der Waals surface area contributed by atoms with Crippen molar-refractivity contribution < 1.29 is 4.74 Å². The van der Waals surface area contributed by atoms with Gasteiger partial charge >= 0.3 is 0 Å². The topological polar surface area (TPSA) is 48.9 Å². The van der Waals surface area contributed by atoms with Crippen LogP contribution >= 0.6 is 24.0 Å². The summed E-state index contributed by atoms with van der Waals surface area (Å²) < 4.78 is 5.06. The number of nitrogens with one attached hydrogen (secondary N) is 2. The molecule has 0 radical (unpaired) electrons. The van der Waals surface area contributed by atoms with Crippen molar-refractivity contribution in [1.29, 1.82) is 0 Å². The van der Waals surface area contributed by atoms with Gasteiger partial charge in [0.1, 0.15) is 0 Å². The molecule has 0 amide bonds. The molecule has 0 aliphatic carbocycles. The summed E-state index contributed by atoms with van der Waals surface area (Å²) in [5.74, 6) is 1.63. The molecule has 1 aliphatic heterocycles. The summed E-state index contributed by atoms with van der Waals surface area (Å²) in [6.07, 6.45) is 4.93. The van der Waals surface area contributed by atoms with E-state index in [1.165, 1.54) is 32.4 Å². The van der Waals surface area contributed by atoms with Crippen LogP contribution in [0.25, 0.3) is 0 Å². The zero-order valence-corrected chi connectivity index (χ0v) is 17.1. The Kier molecular flexibility index (Phi) is 13.3. The van der Waals surface area contributed by atoms with Gasteiger partial charge in [-0.05, 0) is 44.7 Å². The molecular formula is C16H35IN4O. The fourth-order valence-electron chi connectivity index (χ4n) is 2.87. The van der Waals surface area contributed by atoms with Crippen LogP contribution in [0.5, 0.6) is 0 Å². The first-order chi connectivity index (χ1) is 10.2. The lowest BCUT2D eigenvalue weighted by atomic mass is 10.0. The van der Waals surface area contributed by atoms with Crippen molar-refractivity contribution in [3.8, 4) is 0 Å². The minimum absolute atomic E-state index is 0. The second-order valence-corrected chi connectivity index (χ2v) is 6.25. The van der Waals surface area contributed by atoms with E-state index in [9.17, 15) is 0 Å². The van der Waals surface area contributed by atoms with Gasteiger partial charge in [0.05, 0.1) is 0 Å². The fourth-order valence-corrected chi connectivity index (χ4v) is 2.87. The fraction of sp³-hybridized carbons (Fsp3) is 0.938. The normalized spacial score (nSPS) is 17.4. The average Bonchev–Trinajstić information content (AvgIpc) is 2.99. The van der Waals surface area contributed by atoms with Crippen LogP contribution in [0.4, 0.5) is 0 Å². The maximum atomic E-state index is 5.06. The summed E-state index contributed by atoms with van der Waals surface area (Å²) in [6, 6.07) is 0.616. The Labute approximate surface area is 153 Å². The van der Waals surface area contributed by atoms with Crippen molar-refractivity contribution >= 4 is 29.9 Å². The SMILES string of the molecule is CN=C(NCCCOC)NCC(CC(C)C)N1CCCC1.I. The summed E-state index contributed by atoms with van der Waals surface area (Å²) >= 11 is 0. The number of ether oxygens (including phenoxy) is 1. The lowest BCUT2D eigenvalue weighted by Crippen LogP contribution is -2.47. The van der Waals surface area contributed by atoms with Crippen molar-refractivity contribution in [2.45, 2.75) is 45.6 Å². The predicted molar refractivity (Wildman–Crippen MR) is 105 cm³/mol. The summed E-state index contributed by atoms with van der Waals surface area (Å²) in [4.78, 5) is 6.93. The number of rotatable bonds is 9. The summed E-state index contributed by atoms with van der Waals surface area (Å²) in [7, 11) is 3.57. The van der Waals surface area contributed by atoms with Gasteiger partial charge in [-0.2, -0.15) is 0 Å². The van der Waals surface area contributed by atoms with Gasteiger partial charge in [-0.25, -0.2) is 0 Å². The number of nitrogens with zero attached hydrogens (tertiary/aromatic N) is 2. The number of hydrogen-bond acceptors (Lipinski definition) is 3. The molecule has 6 heteroatoms. The van der Waals surface area contributed by atoms with E-state index in [1.54, 1.807) is 7.11 Å². The third kappa shape index (κ3) is 9.15. The smallest absolute Gasteiger partial charge is 0.191 e. The number of aliphatic imine (C=N–C) groups is 1. The van der Waals surface area contributed by atoms with Crippen LogP contribution < -0.4 is 10.6 Å². The molecule has 2 N–H and O–H groups in total. The molecule has 0 aromatic heterocycles. The van der Waals surface area contributed by atoms with Crippen LogP contribution in [0, 0.1) is 5.92 Å². The van der Waals surface area contributed by atoms with Crippen LogP contribution in [-0.4, -0.2) is 63.8 Å². The van der Waals surface area contributed by atoms with E-state index in [2.05, 4.69) is 34.4 Å². The average molecular weight is 426 g/mol. The summed E-state index contributed by atoms with van der Waals surface area (Å²) in [6.45, 7) is 9.77. The van der Waals surface area contributed by atoms with Crippen LogP contribution in [-0.2, 0) is 4.74 Å². The lowest BCUT2D eigenvalue weighted by Gasteiger charge is -2.29. The molecule has 1 aliphatic rings. The Morgan fingerprint density at radius 2 is 1.91 bits per heavy atom. The largest absolute Gasteiger partial charge is 0.385 e. The van der Waals surface area contributed by atoms with E-state index < -0.39 is 0 Å². The first-order valence-electron chi connectivity index (χ1n) is 8.34. The number of guanidine groups is 1. The van der Waals surface area contributed by atoms with Gasteiger partial charge in [-0.1, -0.05) is 13.8 Å². The van der Waals surface area contributed by atoms with Gasteiger partial charge in [0.15, 0.2) is 5.96 Å². The highest BCUT2D eigenvalue weighted by atomic mass is 127. The molecule has 1 heterocycles. The minimum atomic E-state index is 0. The molecule has 0 saturated carbocycles. The van der Waals surface area contributed by atoms with Gasteiger partial charge in [-0.15, -0.1) is 24.0 Å². The van der Waals surface area contributed by atoms with E-state index >= 15 is 0 Å². The second kappa shape index (κ2) is 13.4. The first-order valence-corrected chi connectivity index (χ1v) is 8.34. The van der Waals surface area contributed by atoms with Crippen molar-refractivity contribution in [2.24, 2.45) is 10.9 Å². The molecule has 0 bridgehead atoms. The van der Waals surface area contributed by atoms with E-state index in [0.29, 0.717) is 6.04 Å². The van der Waals surface area contributed by atoms with E-state index in [4.69, 9.17) is 4.74 Å². The molecule has 22 heavy (non-hydrogen) atoms. The number of halogens is 1. The predicted octanol–water partition coefficient (Wildman–Crippen LogP) is 2.32. The van der Waals surface area contributed by atoms with E-state index in [1.807, 2.05) is 7.05 Å². The Morgan fingerprint density at radius 3 is 2.45 bits per heavy atom. The Morgan fingerprint density at radius 1 is 1.23 bits per heavy atom. The Bertz CT molecular complexity index is 294. The zero-order valence-electron chi connectivity index (χ0n) is 14.7. The third-order valence-corrected chi connectivity index (χ3v) is 3.95. The van der Waals surface area contributed by atoms with Gasteiger partial charge in [0.2, 0.25) is 0 Å². The molecule has 1 saturated heterocycles. The maximum Gasteiger partial charge on any atom is 0.191 e. The van der Waals surface area contributed by atoms with Crippen LogP contribution in [0.15, 0.2) is 4.99 Å². The highest BCUT2D eigenvalue weighted by Gasteiger charge is 2.22. The molecule has 0 aromatic rings. The Hall–Kier alpha value is -0.0800. The van der Waals surface area contributed by atoms with Gasteiger partial charge < -0.3 is 15.4 Å². The van der Waals surface area contributed by atoms with Crippen LogP contribution in [0.1, 0.15) is 39.5 Å². The maximum absolute atomic E-state index is 5.06. The van der Waals surface area contributed by atoms with Crippen molar-refractivity contribution in [3.63, 3.8) is 0 Å². The minimum Gasteiger partial charge on any atom is -0.385 e. The van der Waals surface area contributed by atoms with E-state index in [0.717, 1.165) is 38.0 Å². The molecule has 0 spiro atoms. The quantitative estimate of drug-likeness (QED) is 0.257. The third-order valence-electron chi connectivity index (χ3n) is 3.95. The number of likely N-dealkylation sites (tertiary alicyclic amines) is 1. The first kappa shape index (κ1) is 21.9. The Balaban J connectivity index is 0.00000441. The summed E-state index contributed by atoms with van der Waals surface area (Å²) in [5, 5.41) is 6.83. The van der Waals surface area contributed by atoms with Crippen LogP contribution in [0.3, 0.4) is 0 Å². The molecule has 1 fully saturated rings. The number of hydrogen-bond donors (Lipinski definition) is 2. The van der Waals surface area contributed by atoms with Crippen molar-refractivity contribution in [1.82, 2.24) is 15.5 Å². The molecule has 132 valence electrons. The monoisotopic (exact) mass is 426 g/mol. The van der Waals surface area contributed by atoms with Gasteiger partial charge in [0.25, 0.3) is 0 Å². The molecule has 1 rings (SSSR count). The molecule has 0 aromatic carbocycles. The van der Waals surface area contributed by atoms with Crippen LogP contribution in [0.2, 0.25) is 0 Å². The molecular weight excluding hydrogens is 391 g/mol. The lowest BCUT2D eigenvalue weighted by molar-refractivity contribution is 0.195. The van der Waals surface area contributed by atoms with Gasteiger partial charge in [-0.3, -0.25) is 9.89 Å². The molecule has 5 nitrogen and oxygen atoms in total. The zero-order chi connectivity index (χ0) is 15.5. The number of methoxy groups -OCH3 is 1. The second-order valence-electron chi connectivity index (χ2n) is 6.25. The molecule has 1 unspecified atom stereocenters. The van der Waals surface area contributed by atoms with E-state index in [-0.39, 0.29) is 24.0 Å². The summed E-state index contributed by atoms with van der Waals surface area (Å²) in [5.41, 5.74) is 0. The van der Waals surface area contributed by atoms with Gasteiger partial charge in [0, 0.05) is 39.9 Å². The highest BCUT2D eigenvalue weighted by Crippen LogP contribution is 2.17. The van der Waals surface area contributed by atoms with Crippen molar-refractivity contribution in [2.75, 3.05) is 46.9 Å². The molecule has 1 atom stereocenters.